The van der Waals surface area contributed by atoms with E-state index in [0.29, 0.717) is 24.3 Å². The van der Waals surface area contributed by atoms with Gasteiger partial charge in [-0.2, -0.15) is 0 Å². The quantitative estimate of drug-likeness (QED) is 0.742. The Hall–Kier alpha value is -2.38. The lowest BCUT2D eigenvalue weighted by atomic mass is 10.2. The third kappa shape index (κ3) is 4.62. The summed E-state index contributed by atoms with van der Waals surface area (Å²) in [4.78, 5) is 12.3. The van der Waals surface area contributed by atoms with Crippen LogP contribution in [0.2, 0.25) is 0 Å². The van der Waals surface area contributed by atoms with Gasteiger partial charge in [0.2, 0.25) is 0 Å². The van der Waals surface area contributed by atoms with Crippen LogP contribution < -0.4 is 14.9 Å². The van der Waals surface area contributed by atoms with E-state index >= 15 is 0 Å². The number of hydrogen-bond acceptors (Lipinski definition) is 4. The number of likely N-dealkylation sites (N-methyl/N-ethyl adjacent to an activating group) is 1. The number of carbonyl (C=O) groups is 1. The van der Waals surface area contributed by atoms with Crippen molar-refractivity contribution in [2.75, 3.05) is 24.4 Å². The average Bonchev–Trinajstić information content (AvgIpc) is 2.67. The highest BCUT2D eigenvalue weighted by Gasteiger charge is 2.23. The van der Waals surface area contributed by atoms with E-state index in [2.05, 4.69) is 10.6 Å². The summed E-state index contributed by atoms with van der Waals surface area (Å²) in [6.45, 7) is 4.55. The zero-order valence-corrected chi connectivity index (χ0v) is 16.1. The topological polar surface area (TPSA) is 78.5 Å². The second-order valence-electron chi connectivity index (χ2n) is 5.93. The van der Waals surface area contributed by atoms with E-state index in [-0.39, 0.29) is 16.8 Å². The van der Waals surface area contributed by atoms with Gasteiger partial charge in [0.25, 0.3) is 15.9 Å². The van der Waals surface area contributed by atoms with Crippen LogP contribution in [0.25, 0.3) is 0 Å². The summed E-state index contributed by atoms with van der Waals surface area (Å²) in [7, 11) is -1.86. The molecule has 2 aromatic carbocycles. The number of nitrogens with zero attached hydrogens (tertiary/aromatic N) is 1. The molecule has 0 spiro atoms. The van der Waals surface area contributed by atoms with Gasteiger partial charge in [-0.25, -0.2) is 8.42 Å². The maximum atomic E-state index is 12.9. The molecule has 0 saturated carbocycles. The third-order valence-electron chi connectivity index (χ3n) is 4.10. The normalized spacial score (nSPS) is 12.4. The van der Waals surface area contributed by atoms with Crippen LogP contribution in [0.15, 0.2) is 59.5 Å². The standard InChI is InChI=1S/C19H25N3O3S/c1-4-22(17-8-6-5-7-9-17)26(24,25)18-12-10-16(11-13-18)19(23)21-14-15(2)20-3/h5-13,15,20H,4,14H2,1-3H3,(H,21,23). The fourth-order valence-corrected chi connectivity index (χ4v) is 3.91. The van der Waals surface area contributed by atoms with E-state index in [1.165, 1.54) is 28.6 Å². The predicted molar refractivity (Wildman–Crippen MR) is 104 cm³/mol. The van der Waals surface area contributed by atoms with Gasteiger partial charge in [-0.1, -0.05) is 18.2 Å². The molecule has 0 bridgehead atoms. The van der Waals surface area contributed by atoms with E-state index in [1.54, 1.807) is 31.2 Å². The van der Waals surface area contributed by atoms with Gasteiger partial charge in [-0.15, -0.1) is 0 Å². The Morgan fingerprint density at radius 3 is 2.23 bits per heavy atom. The lowest BCUT2D eigenvalue weighted by Gasteiger charge is -2.23. The maximum absolute atomic E-state index is 12.9. The molecule has 0 aliphatic heterocycles. The highest BCUT2D eigenvalue weighted by atomic mass is 32.2. The molecule has 0 radical (unpaired) electrons. The lowest BCUT2D eigenvalue weighted by molar-refractivity contribution is 0.0950. The first-order valence-corrected chi connectivity index (χ1v) is 9.97. The van der Waals surface area contributed by atoms with Gasteiger partial charge in [-0.3, -0.25) is 9.10 Å². The molecule has 0 fully saturated rings. The Balaban J connectivity index is 2.19. The van der Waals surface area contributed by atoms with Crippen LogP contribution in [-0.2, 0) is 10.0 Å². The first-order chi connectivity index (χ1) is 12.4. The maximum Gasteiger partial charge on any atom is 0.264 e. The SMILES string of the molecule is CCN(c1ccccc1)S(=O)(=O)c1ccc(C(=O)NCC(C)NC)cc1. The van der Waals surface area contributed by atoms with Crippen molar-refractivity contribution >= 4 is 21.6 Å². The summed E-state index contributed by atoms with van der Waals surface area (Å²) >= 11 is 0. The second-order valence-corrected chi connectivity index (χ2v) is 7.79. The van der Waals surface area contributed by atoms with Crippen molar-refractivity contribution in [2.24, 2.45) is 0 Å². The molecule has 0 heterocycles. The van der Waals surface area contributed by atoms with Gasteiger partial charge in [0, 0.05) is 24.7 Å². The number of hydrogen-bond donors (Lipinski definition) is 2. The van der Waals surface area contributed by atoms with Gasteiger partial charge >= 0.3 is 0 Å². The molecule has 0 saturated heterocycles. The van der Waals surface area contributed by atoms with E-state index in [4.69, 9.17) is 0 Å². The fourth-order valence-electron chi connectivity index (χ4n) is 2.44. The summed E-state index contributed by atoms with van der Waals surface area (Å²) in [5, 5.41) is 5.84. The molecule has 140 valence electrons. The van der Waals surface area contributed by atoms with E-state index in [0.717, 1.165) is 0 Å². The number of nitrogens with one attached hydrogen (secondary N) is 2. The molecule has 1 unspecified atom stereocenters. The molecule has 2 aromatic rings. The molecule has 6 nitrogen and oxygen atoms in total. The van der Waals surface area contributed by atoms with Gasteiger partial charge in [0.15, 0.2) is 0 Å². The average molecular weight is 375 g/mol. The number of rotatable bonds is 8. The van der Waals surface area contributed by atoms with Crippen molar-refractivity contribution < 1.29 is 13.2 Å². The minimum atomic E-state index is -3.68. The van der Waals surface area contributed by atoms with Crippen LogP contribution in [0.3, 0.4) is 0 Å². The Bertz CT molecular complexity index is 821. The van der Waals surface area contributed by atoms with Gasteiger partial charge < -0.3 is 10.6 Å². The number of anilines is 1. The van der Waals surface area contributed by atoms with Crippen LogP contribution in [0.1, 0.15) is 24.2 Å². The van der Waals surface area contributed by atoms with Crippen molar-refractivity contribution in [3.05, 3.63) is 60.2 Å². The first-order valence-electron chi connectivity index (χ1n) is 8.53. The highest BCUT2D eigenvalue weighted by molar-refractivity contribution is 7.92. The molecule has 0 aliphatic rings. The molecule has 2 N–H and O–H groups in total. The van der Waals surface area contributed by atoms with Crippen LogP contribution in [-0.4, -0.2) is 40.5 Å². The zero-order chi connectivity index (χ0) is 19.2. The van der Waals surface area contributed by atoms with Crippen molar-refractivity contribution in [3.8, 4) is 0 Å². The number of carbonyl (C=O) groups excluding carboxylic acids is 1. The van der Waals surface area contributed by atoms with Crippen LogP contribution in [0.4, 0.5) is 5.69 Å². The Kier molecular flexibility index (Phi) is 6.76. The number of para-hydroxylation sites is 1. The molecule has 26 heavy (non-hydrogen) atoms. The largest absolute Gasteiger partial charge is 0.350 e. The molecular weight excluding hydrogens is 350 g/mol. The third-order valence-corrected chi connectivity index (χ3v) is 6.01. The van der Waals surface area contributed by atoms with E-state index in [1.807, 2.05) is 20.0 Å². The van der Waals surface area contributed by atoms with Crippen molar-refractivity contribution in [3.63, 3.8) is 0 Å². The summed E-state index contributed by atoms with van der Waals surface area (Å²) in [6, 6.07) is 15.1. The van der Waals surface area contributed by atoms with Crippen molar-refractivity contribution in [2.45, 2.75) is 24.8 Å². The highest BCUT2D eigenvalue weighted by Crippen LogP contribution is 2.23. The number of benzene rings is 2. The fraction of sp³-hybridized carbons (Fsp3) is 0.316. The molecule has 1 atom stereocenters. The number of amides is 1. The van der Waals surface area contributed by atoms with Crippen LogP contribution in [0.5, 0.6) is 0 Å². The summed E-state index contributed by atoms with van der Waals surface area (Å²) in [5.74, 6) is -0.230. The predicted octanol–water partition coefficient (Wildman–Crippen LogP) is 2.24. The molecule has 7 heteroatoms. The molecule has 2 rings (SSSR count). The molecule has 0 aromatic heterocycles. The zero-order valence-electron chi connectivity index (χ0n) is 15.3. The van der Waals surface area contributed by atoms with Gasteiger partial charge in [-0.05, 0) is 57.3 Å². The van der Waals surface area contributed by atoms with Crippen molar-refractivity contribution in [1.82, 2.24) is 10.6 Å². The van der Waals surface area contributed by atoms with E-state index in [9.17, 15) is 13.2 Å². The Morgan fingerprint density at radius 2 is 1.69 bits per heavy atom. The minimum absolute atomic E-state index is 0.155. The molecule has 0 aliphatic carbocycles. The Morgan fingerprint density at radius 1 is 1.08 bits per heavy atom. The monoisotopic (exact) mass is 375 g/mol. The van der Waals surface area contributed by atoms with Crippen LogP contribution in [0, 0.1) is 0 Å². The number of sulfonamides is 1. The summed E-state index contributed by atoms with van der Waals surface area (Å²) < 4.78 is 27.2. The lowest BCUT2D eigenvalue weighted by Crippen LogP contribution is -2.37. The molecular formula is C19H25N3O3S. The first kappa shape index (κ1) is 19.9. The Labute approximate surface area is 155 Å². The summed E-state index contributed by atoms with van der Waals surface area (Å²) in [6.07, 6.45) is 0. The van der Waals surface area contributed by atoms with E-state index < -0.39 is 10.0 Å². The second kappa shape index (κ2) is 8.82. The van der Waals surface area contributed by atoms with Crippen molar-refractivity contribution in [1.29, 1.82) is 0 Å². The van der Waals surface area contributed by atoms with Crippen LogP contribution >= 0.6 is 0 Å². The molecule has 1 amide bonds. The smallest absolute Gasteiger partial charge is 0.264 e. The minimum Gasteiger partial charge on any atom is -0.350 e. The summed E-state index contributed by atoms with van der Waals surface area (Å²) in [5.41, 5.74) is 1.04. The van der Waals surface area contributed by atoms with Gasteiger partial charge in [0.1, 0.15) is 0 Å². The van der Waals surface area contributed by atoms with Gasteiger partial charge in [0.05, 0.1) is 10.6 Å².